The van der Waals surface area contributed by atoms with Crippen LogP contribution in [-0.2, 0) is 22.2 Å². The van der Waals surface area contributed by atoms with Gasteiger partial charge in [0.25, 0.3) is 0 Å². The van der Waals surface area contributed by atoms with Gasteiger partial charge in [0.1, 0.15) is 0 Å². The van der Waals surface area contributed by atoms with E-state index in [4.69, 9.17) is 0 Å². The van der Waals surface area contributed by atoms with Crippen LogP contribution in [0.1, 0.15) is 17.5 Å². The van der Waals surface area contributed by atoms with Crippen LogP contribution in [-0.4, -0.2) is 11.9 Å². The van der Waals surface area contributed by atoms with E-state index in [0.29, 0.717) is 0 Å². The molecule has 0 bridgehead atoms. The molecule has 0 spiro atoms. The molecular weight excluding hydrogens is 335 g/mol. The molecule has 0 saturated heterocycles. The Morgan fingerprint density at radius 3 is 2.32 bits per heavy atom. The number of carbonyl (C=O) groups is 2. The normalized spacial score (nSPS) is 12.4. The van der Waals surface area contributed by atoms with Gasteiger partial charge in [0.2, 0.25) is 5.91 Å². The maximum atomic E-state index is 12.7. The average molecular weight is 350 g/mol. The lowest BCUT2D eigenvalue weighted by Crippen LogP contribution is -2.35. The van der Waals surface area contributed by atoms with Gasteiger partial charge in [0, 0.05) is 24.0 Å². The fraction of sp³-hybridized carbons (Fsp3) is 0.222. The highest BCUT2D eigenvalue weighted by atomic mass is 19.4. The van der Waals surface area contributed by atoms with Crippen molar-refractivity contribution in [1.29, 1.82) is 0 Å². The Balaban J connectivity index is 2.03. The first kappa shape index (κ1) is 18.5. The number of alkyl halides is 3. The number of hydrogen-bond donors (Lipinski definition) is 1. The third-order valence-electron chi connectivity index (χ3n) is 3.56. The Kier molecular flexibility index (Phi) is 5.80. The van der Waals surface area contributed by atoms with Crippen LogP contribution < -0.4 is 10.4 Å². The lowest BCUT2D eigenvalue weighted by Gasteiger charge is -2.18. The fourth-order valence-corrected chi connectivity index (χ4v) is 2.35. The van der Waals surface area contributed by atoms with Crippen molar-refractivity contribution in [2.75, 3.05) is 5.32 Å². The molecule has 7 heteroatoms. The molecule has 4 nitrogen and oxygen atoms in total. The summed E-state index contributed by atoms with van der Waals surface area (Å²) in [7, 11) is 0. The zero-order chi connectivity index (χ0) is 18.4. The number of benzene rings is 2. The van der Waals surface area contributed by atoms with Gasteiger partial charge < -0.3 is 15.2 Å². The highest BCUT2D eigenvalue weighted by Gasteiger charge is 2.30. The average Bonchev–Trinajstić information content (AvgIpc) is 2.54. The topological polar surface area (TPSA) is 69.2 Å². The molecule has 0 heterocycles. The summed E-state index contributed by atoms with van der Waals surface area (Å²) in [4.78, 5) is 23.2. The summed E-state index contributed by atoms with van der Waals surface area (Å²) in [6.45, 7) is 0. The van der Waals surface area contributed by atoms with Gasteiger partial charge in [0.05, 0.1) is 5.56 Å². The Bertz CT molecular complexity index is 745. The van der Waals surface area contributed by atoms with Crippen LogP contribution in [0.4, 0.5) is 18.9 Å². The molecule has 0 aliphatic carbocycles. The van der Waals surface area contributed by atoms with Crippen LogP contribution >= 0.6 is 0 Å². The summed E-state index contributed by atoms with van der Waals surface area (Å²) >= 11 is 0. The first-order valence-corrected chi connectivity index (χ1v) is 7.47. The van der Waals surface area contributed by atoms with Crippen molar-refractivity contribution in [2.24, 2.45) is 5.92 Å². The molecule has 1 amide bonds. The predicted molar refractivity (Wildman–Crippen MR) is 83.3 cm³/mol. The quantitative estimate of drug-likeness (QED) is 0.871. The van der Waals surface area contributed by atoms with Gasteiger partial charge >= 0.3 is 6.18 Å². The molecule has 132 valence electrons. The van der Waals surface area contributed by atoms with Crippen LogP contribution in [0.3, 0.4) is 0 Å². The van der Waals surface area contributed by atoms with Crippen LogP contribution in [0.25, 0.3) is 0 Å². The molecule has 1 N–H and O–H groups in total. The number of nitrogens with one attached hydrogen (secondary N) is 1. The van der Waals surface area contributed by atoms with Crippen molar-refractivity contribution < 1.29 is 27.9 Å². The zero-order valence-electron chi connectivity index (χ0n) is 13.0. The molecule has 2 rings (SSSR count). The Morgan fingerprint density at radius 2 is 1.72 bits per heavy atom. The summed E-state index contributed by atoms with van der Waals surface area (Å²) in [6.07, 6.45) is -4.83. The highest BCUT2D eigenvalue weighted by Crippen LogP contribution is 2.30. The van der Waals surface area contributed by atoms with Gasteiger partial charge in [-0.1, -0.05) is 36.4 Å². The molecule has 0 saturated carbocycles. The van der Waals surface area contributed by atoms with E-state index >= 15 is 0 Å². The second-order valence-corrected chi connectivity index (χ2v) is 5.54. The Labute approximate surface area is 142 Å². The zero-order valence-corrected chi connectivity index (χ0v) is 13.0. The van der Waals surface area contributed by atoms with Crippen LogP contribution in [0.2, 0.25) is 0 Å². The molecule has 0 unspecified atom stereocenters. The third kappa shape index (κ3) is 5.63. The minimum atomic E-state index is -4.53. The van der Waals surface area contributed by atoms with Crippen molar-refractivity contribution >= 4 is 17.6 Å². The predicted octanol–water partition coefficient (Wildman–Crippen LogP) is 2.64. The van der Waals surface area contributed by atoms with E-state index in [2.05, 4.69) is 5.32 Å². The number of carboxylic acids is 1. The highest BCUT2D eigenvalue weighted by molar-refractivity contribution is 5.93. The number of anilines is 1. The number of rotatable bonds is 6. The first-order valence-electron chi connectivity index (χ1n) is 7.47. The summed E-state index contributed by atoms with van der Waals surface area (Å²) in [5.41, 5.74) is -0.216. The lowest BCUT2D eigenvalue weighted by molar-refractivity contribution is -0.311. The molecule has 25 heavy (non-hydrogen) atoms. The molecule has 1 atom stereocenters. The monoisotopic (exact) mass is 350 g/mol. The number of hydrogen-bond acceptors (Lipinski definition) is 3. The Morgan fingerprint density at radius 1 is 1.04 bits per heavy atom. The van der Waals surface area contributed by atoms with Crippen molar-refractivity contribution in [1.82, 2.24) is 0 Å². The second kappa shape index (κ2) is 7.83. The van der Waals surface area contributed by atoms with E-state index in [0.717, 1.165) is 17.7 Å². The van der Waals surface area contributed by atoms with Gasteiger partial charge in [-0.05, 0) is 30.2 Å². The minimum absolute atomic E-state index is 0.0448. The van der Waals surface area contributed by atoms with Crippen LogP contribution in [0.15, 0.2) is 54.6 Å². The van der Waals surface area contributed by atoms with E-state index in [9.17, 15) is 27.9 Å². The molecule has 0 aromatic heterocycles. The largest absolute Gasteiger partial charge is 0.550 e. The molecule has 0 fully saturated rings. The summed E-state index contributed by atoms with van der Waals surface area (Å²) in [5.74, 6) is -3.15. The maximum absolute atomic E-state index is 12.7. The van der Waals surface area contributed by atoms with E-state index in [1.54, 1.807) is 30.3 Å². The molecule has 2 aromatic carbocycles. The standard InChI is InChI=1S/C18H16F3NO3/c19-18(20,21)14-7-4-8-15(11-14)22-16(23)10-13(17(24)25)9-12-5-2-1-3-6-12/h1-8,11,13H,9-10H2,(H,22,23)(H,24,25)/p-1/t13-/m1/s1. The number of halogens is 3. The van der Waals surface area contributed by atoms with E-state index in [-0.39, 0.29) is 12.1 Å². The van der Waals surface area contributed by atoms with Crippen molar-refractivity contribution in [3.8, 4) is 0 Å². The number of carboxylic acid groups (broad SMARTS) is 1. The Hall–Kier alpha value is -2.83. The first-order chi connectivity index (χ1) is 11.8. The van der Waals surface area contributed by atoms with Gasteiger partial charge in [-0.3, -0.25) is 4.79 Å². The number of carbonyl (C=O) groups excluding carboxylic acids is 2. The van der Waals surface area contributed by atoms with Gasteiger partial charge in [-0.25, -0.2) is 0 Å². The van der Waals surface area contributed by atoms with E-state index < -0.39 is 36.0 Å². The fourth-order valence-electron chi connectivity index (χ4n) is 2.35. The van der Waals surface area contributed by atoms with Crippen LogP contribution in [0, 0.1) is 5.92 Å². The summed E-state index contributed by atoms with van der Waals surface area (Å²) in [5, 5.41) is 13.5. The van der Waals surface area contributed by atoms with Crippen molar-refractivity contribution in [3.63, 3.8) is 0 Å². The molecule has 0 aliphatic heterocycles. The molecule has 0 radical (unpaired) electrons. The van der Waals surface area contributed by atoms with Gasteiger partial charge in [-0.2, -0.15) is 13.2 Å². The van der Waals surface area contributed by atoms with E-state index in [1.807, 2.05) is 0 Å². The third-order valence-corrected chi connectivity index (χ3v) is 3.56. The second-order valence-electron chi connectivity index (χ2n) is 5.54. The molecular formula is C18H15F3NO3-. The van der Waals surface area contributed by atoms with E-state index in [1.165, 1.54) is 12.1 Å². The van der Waals surface area contributed by atoms with Gasteiger partial charge in [0.15, 0.2) is 0 Å². The lowest BCUT2D eigenvalue weighted by atomic mass is 9.96. The summed E-state index contributed by atoms with van der Waals surface area (Å²) in [6, 6.07) is 12.9. The van der Waals surface area contributed by atoms with Crippen molar-refractivity contribution in [2.45, 2.75) is 19.0 Å². The van der Waals surface area contributed by atoms with Crippen molar-refractivity contribution in [3.05, 3.63) is 65.7 Å². The minimum Gasteiger partial charge on any atom is -0.550 e. The van der Waals surface area contributed by atoms with Gasteiger partial charge in [-0.15, -0.1) is 0 Å². The summed E-state index contributed by atoms with van der Waals surface area (Å²) < 4.78 is 38.0. The van der Waals surface area contributed by atoms with Crippen LogP contribution in [0.5, 0.6) is 0 Å². The smallest absolute Gasteiger partial charge is 0.416 e. The molecule has 2 aromatic rings. The molecule has 0 aliphatic rings. The SMILES string of the molecule is O=C(C[C@@H](Cc1ccccc1)C(=O)[O-])Nc1cccc(C(F)(F)F)c1. The maximum Gasteiger partial charge on any atom is 0.416 e. The number of amides is 1. The number of aliphatic carboxylic acids is 1.